The summed E-state index contributed by atoms with van der Waals surface area (Å²) in [4.78, 5) is 38.9. The van der Waals surface area contributed by atoms with E-state index in [1.54, 1.807) is 53.4 Å². The molecule has 1 fully saturated rings. The Morgan fingerprint density at radius 1 is 0.947 bits per heavy atom. The van der Waals surface area contributed by atoms with Gasteiger partial charge in [0.25, 0.3) is 5.91 Å². The van der Waals surface area contributed by atoms with Gasteiger partial charge in [-0.05, 0) is 59.5 Å². The van der Waals surface area contributed by atoms with Crippen molar-refractivity contribution in [1.82, 2.24) is 0 Å². The van der Waals surface area contributed by atoms with E-state index in [4.69, 9.17) is 14.2 Å². The summed E-state index contributed by atoms with van der Waals surface area (Å²) in [5.41, 5.74) is 2.48. The molecule has 3 aromatic rings. The number of amides is 2. The Balaban J connectivity index is 1.28. The Bertz CT molecular complexity index is 1300. The van der Waals surface area contributed by atoms with Gasteiger partial charge in [0.1, 0.15) is 17.2 Å². The summed E-state index contributed by atoms with van der Waals surface area (Å²) in [5.74, 6) is 0.0715. The zero-order valence-corrected chi connectivity index (χ0v) is 22.0. The van der Waals surface area contributed by atoms with Crippen molar-refractivity contribution < 1.29 is 28.6 Å². The van der Waals surface area contributed by atoms with E-state index in [0.717, 1.165) is 5.75 Å². The van der Waals surface area contributed by atoms with E-state index in [1.807, 2.05) is 24.3 Å². The molecule has 0 bridgehead atoms. The maximum absolute atomic E-state index is 12.6. The first-order chi connectivity index (χ1) is 18.1. The number of benzene rings is 3. The average molecular weight is 517 g/mol. The molecule has 1 aliphatic rings. The number of methoxy groups -OCH3 is 1. The number of esters is 1. The largest absolute Gasteiger partial charge is 0.497 e. The summed E-state index contributed by atoms with van der Waals surface area (Å²) in [6.07, 6.45) is 0.0225. The third-order valence-electron chi connectivity index (χ3n) is 6.26. The Labute approximate surface area is 222 Å². The fourth-order valence-electron chi connectivity index (χ4n) is 4.12. The van der Waals surface area contributed by atoms with Gasteiger partial charge in [-0.25, -0.2) is 0 Å². The number of nitrogens with one attached hydrogen (secondary N) is 1. The van der Waals surface area contributed by atoms with Crippen molar-refractivity contribution in [2.45, 2.75) is 32.6 Å². The maximum atomic E-state index is 12.6. The Morgan fingerprint density at radius 3 is 2.24 bits per heavy atom. The molecule has 1 aliphatic heterocycles. The van der Waals surface area contributed by atoms with Crippen molar-refractivity contribution in [3.63, 3.8) is 0 Å². The van der Waals surface area contributed by atoms with Gasteiger partial charge >= 0.3 is 5.97 Å². The molecule has 1 saturated heterocycles. The molecule has 1 heterocycles. The molecule has 8 heteroatoms. The van der Waals surface area contributed by atoms with Crippen LogP contribution in [-0.4, -0.2) is 38.0 Å². The SMILES string of the molecule is COc1cccc(NC(=O)COC(=O)[C@@H]2CC(=O)N(c3ccc(Oc4ccc(C(C)(C)C)cc4)cc3)C2)c1. The average Bonchev–Trinajstić information content (AvgIpc) is 3.29. The number of anilines is 2. The van der Waals surface area contributed by atoms with Gasteiger partial charge in [-0.2, -0.15) is 0 Å². The van der Waals surface area contributed by atoms with E-state index in [-0.39, 0.29) is 24.3 Å². The lowest BCUT2D eigenvalue weighted by molar-refractivity contribution is -0.151. The van der Waals surface area contributed by atoms with Gasteiger partial charge in [0.2, 0.25) is 5.91 Å². The molecule has 198 valence electrons. The lowest BCUT2D eigenvalue weighted by atomic mass is 9.87. The second-order valence-electron chi connectivity index (χ2n) is 10.2. The Kier molecular flexibility index (Phi) is 8.00. The van der Waals surface area contributed by atoms with E-state index >= 15 is 0 Å². The van der Waals surface area contributed by atoms with E-state index < -0.39 is 24.4 Å². The molecule has 4 rings (SSSR count). The number of hydrogen-bond donors (Lipinski definition) is 1. The number of carbonyl (C=O) groups is 3. The molecule has 2 amide bonds. The number of ether oxygens (including phenoxy) is 3. The topological polar surface area (TPSA) is 94.2 Å². The zero-order valence-electron chi connectivity index (χ0n) is 22.0. The molecule has 0 aliphatic carbocycles. The van der Waals surface area contributed by atoms with Crippen molar-refractivity contribution in [3.05, 3.63) is 78.4 Å². The first kappa shape index (κ1) is 26.7. The third-order valence-corrected chi connectivity index (χ3v) is 6.26. The fourth-order valence-corrected chi connectivity index (χ4v) is 4.12. The molecule has 0 spiro atoms. The molecule has 1 N–H and O–H groups in total. The third kappa shape index (κ3) is 6.70. The maximum Gasteiger partial charge on any atom is 0.311 e. The van der Waals surface area contributed by atoms with E-state index in [2.05, 4.69) is 26.1 Å². The normalized spacial score (nSPS) is 15.2. The fraction of sp³-hybridized carbons (Fsp3) is 0.300. The molecule has 3 aromatic carbocycles. The first-order valence-corrected chi connectivity index (χ1v) is 12.4. The van der Waals surface area contributed by atoms with Crippen LogP contribution in [-0.2, 0) is 24.5 Å². The highest BCUT2D eigenvalue weighted by Gasteiger charge is 2.36. The minimum atomic E-state index is -0.649. The van der Waals surface area contributed by atoms with Crippen LogP contribution in [0.15, 0.2) is 72.8 Å². The van der Waals surface area contributed by atoms with Crippen LogP contribution in [0.3, 0.4) is 0 Å². The van der Waals surface area contributed by atoms with Crippen molar-refractivity contribution in [2.24, 2.45) is 5.92 Å². The van der Waals surface area contributed by atoms with Crippen LogP contribution in [0.4, 0.5) is 11.4 Å². The highest BCUT2D eigenvalue weighted by Crippen LogP contribution is 2.30. The number of nitrogens with zero attached hydrogens (tertiary/aromatic N) is 1. The number of rotatable bonds is 8. The minimum absolute atomic E-state index is 0.0225. The first-order valence-electron chi connectivity index (χ1n) is 12.4. The molecular weight excluding hydrogens is 484 g/mol. The summed E-state index contributed by atoms with van der Waals surface area (Å²) in [5, 5.41) is 2.65. The van der Waals surface area contributed by atoms with Crippen LogP contribution in [0.1, 0.15) is 32.8 Å². The molecule has 1 atom stereocenters. The molecule has 8 nitrogen and oxygen atoms in total. The van der Waals surface area contributed by atoms with Crippen LogP contribution in [0, 0.1) is 5.92 Å². The van der Waals surface area contributed by atoms with Crippen molar-refractivity contribution in [3.8, 4) is 17.2 Å². The van der Waals surface area contributed by atoms with Crippen LogP contribution < -0.4 is 19.7 Å². The molecule has 38 heavy (non-hydrogen) atoms. The summed E-state index contributed by atoms with van der Waals surface area (Å²) >= 11 is 0. The predicted molar refractivity (Wildman–Crippen MR) is 145 cm³/mol. The second kappa shape index (κ2) is 11.4. The van der Waals surface area contributed by atoms with E-state index in [0.29, 0.717) is 22.9 Å². The smallest absolute Gasteiger partial charge is 0.311 e. The van der Waals surface area contributed by atoms with E-state index in [9.17, 15) is 14.4 Å². The lowest BCUT2D eigenvalue weighted by Crippen LogP contribution is -2.28. The molecule has 0 radical (unpaired) electrons. The van der Waals surface area contributed by atoms with Gasteiger partial charge in [0.15, 0.2) is 6.61 Å². The van der Waals surface area contributed by atoms with E-state index in [1.165, 1.54) is 12.7 Å². The van der Waals surface area contributed by atoms with Gasteiger partial charge < -0.3 is 24.4 Å². The predicted octanol–water partition coefficient (Wildman–Crippen LogP) is 5.32. The molecule has 0 aromatic heterocycles. The summed E-state index contributed by atoms with van der Waals surface area (Å²) in [6.45, 7) is 6.22. The van der Waals surface area contributed by atoms with Gasteiger partial charge in [-0.3, -0.25) is 14.4 Å². The standard InChI is InChI=1S/C30H32N2O6/c1-30(2,3)21-8-12-24(13-9-21)38-25-14-10-23(11-15-25)32-18-20(16-28(32)34)29(35)37-19-27(33)31-22-6-5-7-26(17-22)36-4/h5-15,17,20H,16,18-19H2,1-4H3,(H,31,33)/t20-/m1/s1. The minimum Gasteiger partial charge on any atom is -0.497 e. The van der Waals surface area contributed by atoms with Gasteiger partial charge in [0, 0.05) is 30.4 Å². The quantitative estimate of drug-likeness (QED) is 0.407. The van der Waals surface area contributed by atoms with Gasteiger partial charge in [-0.15, -0.1) is 0 Å². The monoisotopic (exact) mass is 516 g/mol. The number of hydrogen-bond acceptors (Lipinski definition) is 6. The summed E-state index contributed by atoms with van der Waals surface area (Å²) in [6, 6.07) is 22.0. The highest BCUT2D eigenvalue weighted by molar-refractivity contribution is 6.00. The van der Waals surface area contributed by atoms with Crippen molar-refractivity contribution in [1.29, 1.82) is 0 Å². The highest BCUT2D eigenvalue weighted by atomic mass is 16.5. The summed E-state index contributed by atoms with van der Waals surface area (Å²) < 4.78 is 16.2. The van der Waals surface area contributed by atoms with Crippen molar-refractivity contribution in [2.75, 3.05) is 30.5 Å². The van der Waals surface area contributed by atoms with Crippen LogP contribution >= 0.6 is 0 Å². The molecule has 0 saturated carbocycles. The Morgan fingerprint density at radius 2 is 1.61 bits per heavy atom. The van der Waals surface area contributed by atoms with Crippen LogP contribution in [0.25, 0.3) is 0 Å². The summed E-state index contributed by atoms with van der Waals surface area (Å²) in [7, 11) is 1.53. The lowest BCUT2D eigenvalue weighted by Gasteiger charge is -2.19. The molecular formula is C30H32N2O6. The zero-order chi connectivity index (χ0) is 27.3. The Hall–Kier alpha value is -4.33. The molecule has 0 unspecified atom stereocenters. The van der Waals surface area contributed by atoms with Crippen LogP contribution in [0.5, 0.6) is 17.2 Å². The van der Waals surface area contributed by atoms with Crippen molar-refractivity contribution >= 4 is 29.2 Å². The van der Waals surface area contributed by atoms with Gasteiger partial charge in [0.05, 0.1) is 13.0 Å². The second-order valence-corrected chi connectivity index (χ2v) is 10.2. The van der Waals surface area contributed by atoms with Crippen LogP contribution in [0.2, 0.25) is 0 Å². The van der Waals surface area contributed by atoms with Gasteiger partial charge in [-0.1, -0.05) is 39.0 Å². The number of carbonyl (C=O) groups excluding carboxylic acids is 3.